The fourth-order valence-electron chi connectivity index (χ4n) is 2.19. The summed E-state index contributed by atoms with van der Waals surface area (Å²) in [6.45, 7) is 1.89. The van der Waals surface area contributed by atoms with Crippen molar-refractivity contribution in [3.8, 4) is 0 Å². The van der Waals surface area contributed by atoms with Crippen LogP contribution in [0.1, 0.15) is 17.0 Å². The van der Waals surface area contributed by atoms with Crippen molar-refractivity contribution in [2.75, 3.05) is 0 Å². The van der Waals surface area contributed by atoms with Crippen molar-refractivity contribution >= 4 is 0 Å². The number of rotatable bonds is 4. The Bertz CT molecular complexity index is 558. The molecule has 1 unspecified atom stereocenters. The van der Waals surface area contributed by atoms with Crippen LogP contribution in [0.4, 0.5) is 8.78 Å². The van der Waals surface area contributed by atoms with E-state index in [-0.39, 0.29) is 18.0 Å². The van der Waals surface area contributed by atoms with Crippen LogP contribution in [-0.2, 0) is 19.9 Å². The minimum Gasteiger partial charge on any atom is -0.327 e. The van der Waals surface area contributed by atoms with Gasteiger partial charge in [0, 0.05) is 30.8 Å². The number of hydrogen-bond acceptors (Lipinski definition) is 2. The zero-order chi connectivity index (χ0) is 14.0. The molecule has 102 valence electrons. The highest BCUT2D eigenvalue weighted by atomic mass is 19.1. The Morgan fingerprint density at radius 1 is 1.26 bits per heavy atom. The lowest BCUT2D eigenvalue weighted by molar-refractivity contribution is 0.528. The first-order chi connectivity index (χ1) is 8.97. The van der Waals surface area contributed by atoms with E-state index in [0.29, 0.717) is 6.42 Å². The van der Waals surface area contributed by atoms with Crippen molar-refractivity contribution in [3.05, 3.63) is 52.9 Å². The van der Waals surface area contributed by atoms with Crippen molar-refractivity contribution in [1.29, 1.82) is 0 Å². The van der Waals surface area contributed by atoms with Crippen molar-refractivity contribution in [2.24, 2.45) is 12.8 Å². The van der Waals surface area contributed by atoms with E-state index in [1.807, 2.05) is 20.0 Å². The highest BCUT2D eigenvalue weighted by Crippen LogP contribution is 2.15. The third-order valence-corrected chi connectivity index (χ3v) is 3.10. The summed E-state index contributed by atoms with van der Waals surface area (Å²) in [5.74, 6) is -1.09. The Labute approximate surface area is 111 Å². The number of aryl methyl sites for hydroxylation is 2. The summed E-state index contributed by atoms with van der Waals surface area (Å²) in [4.78, 5) is 0. The number of benzene rings is 1. The lowest BCUT2D eigenvalue weighted by Gasteiger charge is -2.13. The number of nitrogens with two attached hydrogens (primary N) is 1. The molecule has 5 heteroatoms. The maximum absolute atomic E-state index is 13.5. The second-order valence-electron chi connectivity index (χ2n) is 4.77. The van der Waals surface area contributed by atoms with Crippen LogP contribution in [0, 0.1) is 18.6 Å². The zero-order valence-corrected chi connectivity index (χ0v) is 11.0. The van der Waals surface area contributed by atoms with Gasteiger partial charge >= 0.3 is 0 Å². The van der Waals surface area contributed by atoms with Gasteiger partial charge in [0.25, 0.3) is 0 Å². The summed E-state index contributed by atoms with van der Waals surface area (Å²) in [7, 11) is 1.83. The summed E-state index contributed by atoms with van der Waals surface area (Å²) in [5.41, 5.74) is 7.89. The Morgan fingerprint density at radius 2 is 1.89 bits per heavy atom. The molecule has 0 saturated carbocycles. The van der Waals surface area contributed by atoms with Crippen molar-refractivity contribution in [3.63, 3.8) is 0 Å². The van der Waals surface area contributed by atoms with E-state index in [1.165, 1.54) is 18.2 Å². The second-order valence-corrected chi connectivity index (χ2v) is 4.77. The molecular weight excluding hydrogens is 248 g/mol. The van der Waals surface area contributed by atoms with E-state index >= 15 is 0 Å². The van der Waals surface area contributed by atoms with E-state index in [1.54, 1.807) is 4.68 Å². The van der Waals surface area contributed by atoms with E-state index in [4.69, 9.17) is 5.73 Å². The van der Waals surface area contributed by atoms with Gasteiger partial charge in [-0.25, -0.2) is 8.78 Å². The van der Waals surface area contributed by atoms with Crippen LogP contribution in [0.3, 0.4) is 0 Å². The lowest BCUT2D eigenvalue weighted by atomic mass is 10.0. The molecule has 0 radical (unpaired) electrons. The Balaban J connectivity index is 2.09. The van der Waals surface area contributed by atoms with E-state index in [2.05, 4.69) is 5.10 Å². The van der Waals surface area contributed by atoms with Crippen molar-refractivity contribution in [2.45, 2.75) is 25.8 Å². The zero-order valence-electron chi connectivity index (χ0n) is 11.0. The maximum atomic E-state index is 13.5. The highest BCUT2D eigenvalue weighted by Gasteiger charge is 2.14. The van der Waals surface area contributed by atoms with Crippen LogP contribution in [0.5, 0.6) is 0 Å². The molecule has 0 aliphatic rings. The predicted molar refractivity (Wildman–Crippen MR) is 69.7 cm³/mol. The molecule has 1 atom stereocenters. The van der Waals surface area contributed by atoms with Crippen LogP contribution in [0.15, 0.2) is 24.3 Å². The SMILES string of the molecule is Cc1cc(CC(N)Cc2c(F)cccc2F)n(C)n1. The third-order valence-electron chi connectivity index (χ3n) is 3.10. The largest absolute Gasteiger partial charge is 0.327 e. The van der Waals surface area contributed by atoms with Crippen molar-refractivity contribution < 1.29 is 8.78 Å². The van der Waals surface area contributed by atoms with Gasteiger partial charge in [-0.2, -0.15) is 5.10 Å². The molecule has 1 heterocycles. The van der Waals surface area contributed by atoms with Crippen LogP contribution < -0.4 is 5.73 Å². The molecule has 19 heavy (non-hydrogen) atoms. The molecule has 0 saturated heterocycles. The van der Waals surface area contributed by atoms with Gasteiger partial charge in [-0.1, -0.05) is 6.07 Å². The fraction of sp³-hybridized carbons (Fsp3) is 0.357. The first-order valence-electron chi connectivity index (χ1n) is 6.15. The van der Waals surface area contributed by atoms with Gasteiger partial charge in [0.15, 0.2) is 0 Å². The minimum absolute atomic E-state index is 0.0499. The molecule has 2 N–H and O–H groups in total. The molecule has 0 amide bonds. The molecule has 1 aromatic heterocycles. The van der Waals surface area contributed by atoms with Gasteiger partial charge in [0.2, 0.25) is 0 Å². The molecule has 1 aromatic carbocycles. The van der Waals surface area contributed by atoms with Crippen LogP contribution in [-0.4, -0.2) is 15.8 Å². The predicted octanol–water partition coefficient (Wildman–Crippen LogP) is 2.12. The number of hydrogen-bond donors (Lipinski definition) is 1. The molecule has 0 fully saturated rings. The van der Waals surface area contributed by atoms with Crippen LogP contribution in [0.25, 0.3) is 0 Å². The molecule has 0 aliphatic heterocycles. The lowest BCUT2D eigenvalue weighted by Crippen LogP contribution is -2.27. The Hall–Kier alpha value is -1.75. The fourth-order valence-corrected chi connectivity index (χ4v) is 2.19. The molecule has 2 aromatic rings. The molecule has 3 nitrogen and oxygen atoms in total. The van der Waals surface area contributed by atoms with E-state index in [0.717, 1.165) is 11.4 Å². The normalized spacial score (nSPS) is 12.7. The van der Waals surface area contributed by atoms with Gasteiger partial charge in [0.1, 0.15) is 11.6 Å². The molecular formula is C14H17F2N3. The molecule has 0 aliphatic carbocycles. The number of nitrogens with zero attached hydrogens (tertiary/aromatic N) is 2. The highest BCUT2D eigenvalue weighted by molar-refractivity contribution is 5.21. The minimum atomic E-state index is -0.545. The average molecular weight is 265 g/mol. The first kappa shape index (κ1) is 13.7. The van der Waals surface area contributed by atoms with Crippen LogP contribution >= 0.6 is 0 Å². The van der Waals surface area contributed by atoms with Gasteiger partial charge in [0.05, 0.1) is 5.69 Å². The second kappa shape index (κ2) is 5.48. The molecule has 0 bridgehead atoms. The van der Waals surface area contributed by atoms with E-state index in [9.17, 15) is 8.78 Å². The standard InChI is InChI=1S/C14H17F2N3/c1-9-6-11(19(2)18-9)7-10(17)8-12-13(15)4-3-5-14(12)16/h3-6,10H,7-8,17H2,1-2H3. The van der Waals surface area contributed by atoms with Gasteiger partial charge < -0.3 is 5.73 Å². The first-order valence-corrected chi connectivity index (χ1v) is 6.15. The van der Waals surface area contributed by atoms with E-state index < -0.39 is 11.6 Å². The summed E-state index contributed by atoms with van der Waals surface area (Å²) in [5, 5.41) is 4.22. The summed E-state index contributed by atoms with van der Waals surface area (Å²) in [6.07, 6.45) is 0.702. The summed E-state index contributed by atoms with van der Waals surface area (Å²) in [6, 6.07) is 5.43. The third kappa shape index (κ3) is 3.17. The quantitative estimate of drug-likeness (QED) is 0.920. The maximum Gasteiger partial charge on any atom is 0.129 e. The van der Waals surface area contributed by atoms with Gasteiger partial charge in [-0.15, -0.1) is 0 Å². The smallest absolute Gasteiger partial charge is 0.129 e. The Morgan fingerprint density at radius 3 is 2.42 bits per heavy atom. The number of halogens is 2. The van der Waals surface area contributed by atoms with Gasteiger partial charge in [-0.3, -0.25) is 4.68 Å². The summed E-state index contributed by atoms with van der Waals surface area (Å²) < 4.78 is 28.8. The summed E-state index contributed by atoms with van der Waals surface area (Å²) >= 11 is 0. The topological polar surface area (TPSA) is 43.8 Å². The average Bonchev–Trinajstić information content (AvgIpc) is 2.63. The molecule has 2 rings (SSSR count). The monoisotopic (exact) mass is 265 g/mol. The van der Waals surface area contributed by atoms with Crippen molar-refractivity contribution in [1.82, 2.24) is 9.78 Å². The van der Waals surface area contributed by atoms with Gasteiger partial charge in [-0.05, 0) is 31.5 Å². The van der Waals surface area contributed by atoms with Crippen LogP contribution in [0.2, 0.25) is 0 Å². The number of aromatic nitrogens is 2. The molecule has 0 spiro atoms. The Kier molecular flexibility index (Phi) is 3.95.